The summed E-state index contributed by atoms with van der Waals surface area (Å²) in [4.78, 5) is 16.6. The SMILES string of the molecule is O=C(c1ccc(COc2ccccc2)o1)N1CCN(c2ccccc2O)CC1. The molecule has 28 heavy (non-hydrogen) atoms. The standard InChI is InChI=1S/C22H22N2O4/c25-20-9-5-4-8-19(20)23-12-14-24(15-13-23)22(26)21-11-10-18(28-21)16-27-17-6-2-1-3-7-17/h1-11,25H,12-16H2. The molecule has 1 fully saturated rings. The normalized spacial score (nSPS) is 14.1. The molecule has 1 aliphatic rings. The Morgan fingerprint density at radius 1 is 0.929 bits per heavy atom. The molecule has 6 heteroatoms. The fourth-order valence-electron chi connectivity index (χ4n) is 3.28. The third-order valence-corrected chi connectivity index (χ3v) is 4.79. The van der Waals surface area contributed by atoms with Crippen LogP contribution in [0, 0.1) is 0 Å². The zero-order valence-electron chi connectivity index (χ0n) is 15.5. The first kappa shape index (κ1) is 18.0. The number of hydrogen-bond acceptors (Lipinski definition) is 5. The third kappa shape index (κ3) is 3.96. The lowest BCUT2D eigenvalue weighted by Gasteiger charge is -2.35. The molecule has 2 aromatic carbocycles. The lowest BCUT2D eigenvalue weighted by Crippen LogP contribution is -2.48. The molecule has 6 nitrogen and oxygen atoms in total. The van der Waals surface area contributed by atoms with E-state index in [1.165, 1.54) is 0 Å². The van der Waals surface area contributed by atoms with E-state index >= 15 is 0 Å². The number of carbonyl (C=O) groups is 1. The lowest BCUT2D eigenvalue weighted by atomic mass is 10.2. The highest BCUT2D eigenvalue weighted by Crippen LogP contribution is 2.27. The minimum absolute atomic E-state index is 0.122. The van der Waals surface area contributed by atoms with Gasteiger partial charge in [0.1, 0.15) is 23.9 Å². The molecule has 1 saturated heterocycles. The molecule has 0 saturated carbocycles. The Bertz CT molecular complexity index is 930. The number of phenolic OH excluding ortho intramolecular Hbond substituents is 1. The van der Waals surface area contributed by atoms with Crippen LogP contribution in [0.5, 0.6) is 11.5 Å². The summed E-state index contributed by atoms with van der Waals surface area (Å²) < 4.78 is 11.3. The molecule has 0 atom stereocenters. The molecule has 1 aromatic heterocycles. The van der Waals surface area contributed by atoms with Crippen molar-refractivity contribution < 1.29 is 19.1 Å². The van der Waals surface area contributed by atoms with Crippen molar-refractivity contribution in [1.82, 2.24) is 4.90 Å². The molecule has 0 unspecified atom stereocenters. The van der Waals surface area contributed by atoms with Crippen molar-refractivity contribution in [3.05, 3.63) is 78.3 Å². The van der Waals surface area contributed by atoms with Crippen LogP contribution in [0.2, 0.25) is 0 Å². The van der Waals surface area contributed by atoms with Crippen LogP contribution in [0.3, 0.4) is 0 Å². The number of hydrogen-bond donors (Lipinski definition) is 1. The maximum atomic E-state index is 12.7. The van der Waals surface area contributed by atoms with Gasteiger partial charge in [0.05, 0.1) is 5.69 Å². The predicted octanol–water partition coefficient (Wildman–Crippen LogP) is 3.53. The van der Waals surface area contributed by atoms with Crippen LogP contribution in [0.15, 0.2) is 71.1 Å². The first-order chi connectivity index (χ1) is 13.7. The molecule has 2 heterocycles. The highest BCUT2D eigenvalue weighted by Gasteiger charge is 2.25. The van der Waals surface area contributed by atoms with Gasteiger partial charge in [-0.1, -0.05) is 30.3 Å². The van der Waals surface area contributed by atoms with Crippen molar-refractivity contribution in [1.29, 1.82) is 0 Å². The van der Waals surface area contributed by atoms with E-state index in [2.05, 4.69) is 4.90 Å². The van der Waals surface area contributed by atoms with Gasteiger partial charge in [-0.05, 0) is 36.4 Å². The fraction of sp³-hybridized carbons (Fsp3) is 0.227. The van der Waals surface area contributed by atoms with E-state index in [1.54, 1.807) is 29.2 Å². The summed E-state index contributed by atoms with van der Waals surface area (Å²) in [5.41, 5.74) is 0.799. The Morgan fingerprint density at radius 3 is 2.39 bits per heavy atom. The molecule has 0 radical (unpaired) electrons. The van der Waals surface area contributed by atoms with Gasteiger partial charge in [0.25, 0.3) is 5.91 Å². The van der Waals surface area contributed by atoms with Crippen LogP contribution < -0.4 is 9.64 Å². The van der Waals surface area contributed by atoms with E-state index in [4.69, 9.17) is 9.15 Å². The van der Waals surface area contributed by atoms with E-state index in [9.17, 15) is 9.90 Å². The Kier molecular flexibility index (Phi) is 5.19. The quantitative estimate of drug-likeness (QED) is 0.736. The summed E-state index contributed by atoms with van der Waals surface area (Å²) in [7, 11) is 0. The number of para-hydroxylation sites is 3. The van der Waals surface area contributed by atoms with Crippen molar-refractivity contribution in [2.75, 3.05) is 31.1 Å². The first-order valence-electron chi connectivity index (χ1n) is 9.29. The molecule has 0 spiro atoms. The number of ether oxygens (including phenoxy) is 1. The number of phenols is 1. The molecule has 0 aliphatic carbocycles. The van der Waals surface area contributed by atoms with E-state index in [1.807, 2.05) is 42.5 Å². The summed E-state index contributed by atoms with van der Waals surface area (Å²) in [6.07, 6.45) is 0. The Labute approximate surface area is 163 Å². The van der Waals surface area contributed by atoms with Gasteiger partial charge in [-0.2, -0.15) is 0 Å². The summed E-state index contributed by atoms with van der Waals surface area (Å²) in [6, 6.07) is 20.2. The smallest absolute Gasteiger partial charge is 0.289 e. The van der Waals surface area contributed by atoms with Crippen molar-refractivity contribution in [3.63, 3.8) is 0 Å². The van der Waals surface area contributed by atoms with Gasteiger partial charge in [0.2, 0.25) is 0 Å². The molecule has 1 aliphatic heterocycles. The molecule has 4 rings (SSSR count). The maximum Gasteiger partial charge on any atom is 0.289 e. The minimum atomic E-state index is -0.122. The second-order valence-electron chi connectivity index (χ2n) is 6.64. The van der Waals surface area contributed by atoms with Crippen LogP contribution in [-0.4, -0.2) is 42.1 Å². The van der Waals surface area contributed by atoms with Crippen LogP contribution in [0.25, 0.3) is 0 Å². The number of nitrogens with zero attached hydrogens (tertiary/aromatic N) is 2. The molecule has 3 aromatic rings. The Balaban J connectivity index is 1.33. The number of amides is 1. The van der Waals surface area contributed by atoms with Crippen LogP contribution in [-0.2, 0) is 6.61 Å². The van der Waals surface area contributed by atoms with Crippen LogP contribution >= 0.6 is 0 Å². The topological polar surface area (TPSA) is 66.2 Å². The highest BCUT2D eigenvalue weighted by atomic mass is 16.5. The van der Waals surface area contributed by atoms with Gasteiger partial charge in [0, 0.05) is 26.2 Å². The highest BCUT2D eigenvalue weighted by molar-refractivity contribution is 5.91. The number of rotatable bonds is 5. The maximum absolute atomic E-state index is 12.7. The van der Waals surface area contributed by atoms with Crippen LogP contribution in [0.4, 0.5) is 5.69 Å². The zero-order valence-corrected chi connectivity index (χ0v) is 15.5. The molecule has 1 amide bonds. The van der Waals surface area contributed by atoms with Crippen molar-refractivity contribution >= 4 is 11.6 Å². The molecule has 1 N–H and O–H groups in total. The molecular formula is C22H22N2O4. The van der Waals surface area contributed by atoms with Gasteiger partial charge < -0.3 is 24.1 Å². The van der Waals surface area contributed by atoms with Crippen molar-refractivity contribution in [3.8, 4) is 11.5 Å². The monoisotopic (exact) mass is 378 g/mol. The van der Waals surface area contributed by atoms with E-state index in [-0.39, 0.29) is 18.3 Å². The largest absolute Gasteiger partial charge is 0.506 e. The second-order valence-corrected chi connectivity index (χ2v) is 6.64. The first-order valence-corrected chi connectivity index (χ1v) is 9.29. The second kappa shape index (κ2) is 8.08. The van der Waals surface area contributed by atoms with Gasteiger partial charge in [-0.25, -0.2) is 0 Å². The Morgan fingerprint density at radius 2 is 1.64 bits per heavy atom. The predicted molar refractivity (Wildman–Crippen MR) is 106 cm³/mol. The molecule has 144 valence electrons. The number of piperazine rings is 1. The summed E-state index contributed by atoms with van der Waals surface area (Å²) in [5, 5.41) is 10.0. The summed E-state index contributed by atoms with van der Waals surface area (Å²) in [5.74, 6) is 1.83. The number of carbonyl (C=O) groups excluding carboxylic acids is 1. The lowest BCUT2D eigenvalue weighted by molar-refractivity contribution is 0.0710. The van der Waals surface area contributed by atoms with Gasteiger partial charge in [-0.3, -0.25) is 4.79 Å². The molecule has 0 bridgehead atoms. The average Bonchev–Trinajstić information content (AvgIpc) is 3.22. The van der Waals surface area contributed by atoms with Crippen LogP contribution in [0.1, 0.15) is 16.3 Å². The number of benzene rings is 2. The number of furan rings is 1. The van der Waals surface area contributed by atoms with Gasteiger partial charge in [0.15, 0.2) is 5.76 Å². The Hall–Kier alpha value is -3.41. The van der Waals surface area contributed by atoms with Gasteiger partial charge in [-0.15, -0.1) is 0 Å². The fourth-order valence-corrected chi connectivity index (χ4v) is 3.28. The molecular weight excluding hydrogens is 356 g/mol. The number of anilines is 1. The van der Waals surface area contributed by atoms with E-state index in [0.29, 0.717) is 37.7 Å². The van der Waals surface area contributed by atoms with Gasteiger partial charge >= 0.3 is 0 Å². The average molecular weight is 378 g/mol. The summed E-state index contributed by atoms with van der Waals surface area (Å²) >= 11 is 0. The van der Waals surface area contributed by atoms with E-state index in [0.717, 1.165) is 11.4 Å². The third-order valence-electron chi connectivity index (χ3n) is 4.79. The van der Waals surface area contributed by atoms with Crippen molar-refractivity contribution in [2.45, 2.75) is 6.61 Å². The van der Waals surface area contributed by atoms with Crippen molar-refractivity contribution in [2.24, 2.45) is 0 Å². The minimum Gasteiger partial charge on any atom is -0.506 e. The zero-order chi connectivity index (χ0) is 19.3. The van der Waals surface area contributed by atoms with E-state index < -0.39 is 0 Å². The number of aromatic hydroxyl groups is 1. The summed E-state index contributed by atoms with van der Waals surface area (Å²) in [6.45, 7) is 2.74.